The Morgan fingerprint density at radius 1 is 1.14 bits per heavy atom. The summed E-state index contributed by atoms with van der Waals surface area (Å²) in [6.07, 6.45) is 2.82. The molecule has 0 aromatic carbocycles. The smallest absolute Gasteiger partial charge is 0.178 e. The van der Waals surface area contributed by atoms with Crippen LogP contribution in [0.1, 0.15) is 25.7 Å². The van der Waals surface area contributed by atoms with Gasteiger partial charge in [0.1, 0.15) is 0 Å². The highest BCUT2D eigenvalue weighted by molar-refractivity contribution is 6.12. The minimum Gasteiger partial charge on any atom is -0.362 e. The van der Waals surface area contributed by atoms with Crippen molar-refractivity contribution in [3.05, 3.63) is 0 Å². The predicted octanol–water partition coefficient (Wildman–Crippen LogP) is -0.00180. The van der Waals surface area contributed by atoms with Crippen molar-refractivity contribution in [1.82, 2.24) is 15.1 Å². The van der Waals surface area contributed by atoms with E-state index < -0.39 is 5.81 Å². The number of halogens is 2. The Labute approximate surface area is 124 Å². The Morgan fingerprint density at radius 2 is 1.71 bits per heavy atom. The van der Waals surface area contributed by atoms with Crippen molar-refractivity contribution < 1.29 is 19.2 Å². The highest BCUT2D eigenvalue weighted by Crippen LogP contribution is 2.51. The second kappa shape index (κ2) is 5.42. The van der Waals surface area contributed by atoms with Gasteiger partial charge in [0.2, 0.25) is 0 Å². The largest absolute Gasteiger partial charge is 0.362 e. The molecule has 21 heavy (non-hydrogen) atoms. The number of nitrogens with zero attached hydrogens (tertiary/aromatic N) is 3. The predicted molar refractivity (Wildman–Crippen MR) is 73.2 cm³/mol. The first-order chi connectivity index (χ1) is 9.77. The molecule has 2 N–H and O–H groups in total. The fourth-order valence-electron chi connectivity index (χ4n) is 4.01. The van der Waals surface area contributed by atoms with Crippen LogP contribution in [0.15, 0.2) is 0 Å². The highest BCUT2D eigenvalue weighted by Gasteiger charge is 2.56. The molecule has 2 radical (unpaired) electrons. The van der Waals surface area contributed by atoms with Crippen LogP contribution in [0.4, 0.5) is 8.96 Å². The van der Waals surface area contributed by atoms with Gasteiger partial charge < -0.3 is 10.2 Å². The minimum absolute atomic E-state index is 0.00871. The van der Waals surface area contributed by atoms with Crippen LogP contribution in [0, 0.1) is 11.3 Å². The zero-order valence-corrected chi connectivity index (χ0v) is 12.1. The Kier molecular flexibility index (Phi) is 4.03. The lowest BCUT2D eigenvalue weighted by molar-refractivity contribution is -0.258. The fourth-order valence-corrected chi connectivity index (χ4v) is 4.01. The third-order valence-corrected chi connectivity index (χ3v) is 5.23. The highest BCUT2D eigenvalue weighted by atomic mass is 19.2. The van der Waals surface area contributed by atoms with E-state index in [2.05, 4.69) is 0 Å². The average Bonchev–Trinajstić information content (AvgIpc) is 2.30. The van der Waals surface area contributed by atoms with Gasteiger partial charge in [-0.05, 0) is 31.6 Å². The maximum Gasteiger partial charge on any atom is 0.178 e. The molecule has 2 heterocycles. The van der Waals surface area contributed by atoms with E-state index in [0.717, 1.165) is 23.1 Å². The maximum atomic E-state index is 13.0. The second-order valence-corrected chi connectivity index (χ2v) is 7.03. The van der Waals surface area contributed by atoms with Crippen LogP contribution >= 0.6 is 0 Å². The third kappa shape index (κ3) is 3.24. The molecule has 0 unspecified atom stereocenters. The summed E-state index contributed by atoms with van der Waals surface area (Å²) in [5.41, 5.74) is -0.00871. The molecule has 0 amide bonds. The number of rotatable bonds is 4. The summed E-state index contributed by atoms with van der Waals surface area (Å²) in [6.45, 7) is 2.03. The van der Waals surface area contributed by atoms with E-state index in [0.29, 0.717) is 45.6 Å². The van der Waals surface area contributed by atoms with E-state index >= 15 is 0 Å². The van der Waals surface area contributed by atoms with Crippen LogP contribution in [-0.4, -0.2) is 77.8 Å². The Morgan fingerprint density at radius 3 is 2.19 bits per heavy atom. The summed E-state index contributed by atoms with van der Waals surface area (Å²) in [5, 5.41) is 21.2. The first-order valence-electron chi connectivity index (χ1n) is 7.59. The molecule has 8 heteroatoms. The molecule has 3 aliphatic rings. The molecule has 2 saturated heterocycles. The minimum atomic E-state index is -2.36. The van der Waals surface area contributed by atoms with Crippen LogP contribution in [0.5, 0.6) is 0 Å². The van der Waals surface area contributed by atoms with Gasteiger partial charge in [-0.1, -0.05) is 0 Å². The molecule has 0 aromatic heterocycles. The third-order valence-electron chi connectivity index (χ3n) is 5.23. The second-order valence-electron chi connectivity index (χ2n) is 7.03. The van der Waals surface area contributed by atoms with E-state index in [-0.39, 0.29) is 17.4 Å². The first kappa shape index (κ1) is 15.6. The molecule has 2 aliphatic heterocycles. The van der Waals surface area contributed by atoms with Crippen molar-refractivity contribution in [2.24, 2.45) is 11.3 Å². The quantitative estimate of drug-likeness (QED) is 0.435. The van der Waals surface area contributed by atoms with Gasteiger partial charge >= 0.3 is 0 Å². The topological polar surface area (TPSA) is 50.2 Å². The van der Waals surface area contributed by atoms with Gasteiger partial charge in [0.15, 0.2) is 13.7 Å². The van der Waals surface area contributed by atoms with E-state index in [1.54, 1.807) is 0 Å². The van der Waals surface area contributed by atoms with Gasteiger partial charge in [-0.15, -0.1) is 19.2 Å². The van der Waals surface area contributed by atoms with E-state index in [1.807, 2.05) is 0 Å². The molecule has 5 nitrogen and oxygen atoms in total. The van der Waals surface area contributed by atoms with Crippen molar-refractivity contribution in [3.63, 3.8) is 0 Å². The zero-order chi connectivity index (χ0) is 15.3. The Bertz CT molecular complexity index is 374. The van der Waals surface area contributed by atoms with Crippen molar-refractivity contribution in [1.29, 1.82) is 0 Å². The van der Waals surface area contributed by atoms with Crippen LogP contribution in [0.25, 0.3) is 0 Å². The van der Waals surface area contributed by atoms with Crippen molar-refractivity contribution in [2.75, 3.05) is 32.7 Å². The van der Waals surface area contributed by atoms with Gasteiger partial charge in [0, 0.05) is 44.2 Å². The summed E-state index contributed by atoms with van der Waals surface area (Å²) in [5.74, 6) is -2.16. The molecule has 118 valence electrons. The number of aliphatic hydroxyl groups is 2. The normalized spacial score (nSPS) is 28.8. The number of hydrogen-bond acceptors (Lipinski definition) is 5. The summed E-state index contributed by atoms with van der Waals surface area (Å²) < 4.78 is 25.9. The van der Waals surface area contributed by atoms with Gasteiger partial charge in [-0.2, -0.15) is 0 Å². The van der Waals surface area contributed by atoms with E-state index in [1.165, 1.54) is 4.90 Å². The van der Waals surface area contributed by atoms with Gasteiger partial charge in [0.25, 0.3) is 0 Å². The average molecular weight is 301 g/mol. The van der Waals surface area contributed by atoms with E-state index in [4.69, 9.17) is 7.85 Å². The zero-order valence-electron chi connectivity index (χ0n) is 12.1. The number of hydrogen-bond donors (Lipinski definition) is 2. The molecule has 3 fully saturated rings. The number of piperidine rings is 1. The first-order valence-corrected chi connectivity index (χ1v) is 7.59. The molecular weight excluding hydrogens is 279 g/mol. The lowest BCUT2D eigenvalue weighted by Gasteiger charge is -2.60. The monoisotopic (exact) mass is 301 g/mol. The van der Waals surface area contributed by atoms with Crippen molar-refractivity contribution >= 4 is 7.85 Å². The van der Waals surface area contributed by atoms with Crippen molar-refractivity contribution in [3.8, 4) is 0 Å². The van der Waals surface area contributed by atoms with Gasteiger partial charge in [-0.25, -0.2) is 0 Å². The van der Waals surface area contributed by atoms with E-state index in [9.17, 15) is 19.2 Å². The van der Waals surface area contributed by atoms with Crippen LogP contribution in [-0.2, 0) is 0 Å². The summed E-state index contributed by atoms with van der Waals surface area (Å²) in [6, 6.07) is -0.0397. The van der Waals surface area contributed by atoms with Crippen LogP contribution in [0.3, 0.4) is 0 Å². The lowest BCUT2D eigenvalue weighted by atomic mass is 9.60. The standard InChI is InChI=1S/C13H22BF2N3O2/c14-13(20,21)19(7-10-1-3-17(15)4-2-10)11-5-12(6-11)8-18(16)9-12/h10-11,20-21H,1-9H2. The molecule has 1 aliphatic carbocycles. The SMILES string of the molecule is [B]C(O)(O)N(CC1CCN(F)CC1)C1CC2(C1)CN(F)C2. The summed E-state index contributed by atoms with van der Waals surface area (Å²) in [4.78, 5) is 1.50. The summed E-state index contributed by atoms with van der Waals surface area (Å²) >= 11 is 0. The molecule has 1 saturated carbocycles. The molecule has 1 spiro atoms. The molecule has 3 rings (SSSR count). The Balaban J connectivity index is 1.55. The molecule has 0 bridgehead atoms. The Hall–Kier alpha value is -0.275. The maximum absolute atomic E-state index is 13.0. The summed E-state index contributed by atoms with van der Waals surface area (Å²) in [7, 11) is 5.48. The molecule has 0 atom stereocenters. The lowest BCUT2D eigenvalue weighted by Crippen LogP contribution is -2.68. The molecule has 0 aromatic rings. The van der Waals surface area contributed by atoms with Crippen LogP contribution < -0.4 is 0 Å². The van der Waals surface area contributed by atoms with Gasteiger partial charge in [-0.3, -0.25) is 4.90 Å². The fraction of sp³-hybridized carbons (Fsp3) is 1.00. The molecular formula is C13H22BF2N3O2. The van der Waals surface area contributed by atoms with Crippen LogP contribution in [0.2, 0.25) is 0 Å². The van der Waals surface area contributed by atoms with Gasteiger partial charge in [0.05, 0.1) is 0 Å². The van der Waals surface area contributed by atoms with Crippen molar-refractivity contribution in [2.45, 2.75) is 37.5 Å².